The molecule has 0 aromatic heterocycles. The topological polar surface area (TPSA) is 20.2 Å². The molecule has 6 unspecified atom stereocenters. The maximum Gasteiger partial charge on any atom is 0.0599 e. The molecule has 0 saturated heterocycles. The lowest BCUT2D eigenvalue weighted by molar-refractivity contribution is -0.00573. The van der Waals surface area contributed by atoms with Gasteiger partial charge < -0.3 is 5.11 Å². The van der Waals surface area contributed by atoms with Crippen molar-refractivity contribution < 1.29 is 5.11 Å². The normalized spacial score (nSPS) is 51.7. The molecule has 0 spiro atoms. The van der Waals surface area contributed by atoms with Gasteiger partial charge in [-0.05, 0) is 74.0 Å². The van der Waals surface area contributed by atoms with Crippen molar-refractivity contribution >= 4 is 0 Å². The maximum atomic E-state index is 10.7. The molecule has 0 heterocycles. The van der Waals surface area contributed by atoms with Gasteiger partial charge in [0.1, 0.15) is 0 Å². The summed E-state index contributed by atoms with van der Waals surface area (Å²) in [6.07, 6.45) is 9.58. The highest BCUT2D eigenvalue weighted by Gasteiger charge is 2.45. The van der Waals surface area contributed by atoms with Gasteiger partial charge in [0.15, 0.2) is 0 Å². The number of hydrogen-bond acceptors (Lipinski definition) is 1. The standard InChI is InChI=1S/C16H28O/c1-10-5-11(2)7-14(6-10)16(17)15-9-12-3-4-13(15)8-12/h10-17H,3-9H2,1-2H3. The summed E-state index contributed by atoms with van der Waals surface area (Å²) < 4.78 is 0. The van der Waals surface area contributed by atoms with Crippen LogP contribution in [-0.4, -0.2) is 11.2 Å². The van der Waals surface area contributed by atoms with E-state index in [2.05, 4.69) is 13.8 Å². The minimum Gasteiger partial charge on any atom is -0.393 e. The maximum absolute atomic E-state index is 10.7. The summed E-state index contributed by atoms with van der Waals surface area (Å²) in [5, 5.41) is 10.7. The van der Waals surface area contributed by atoms with E-state index in [0.717, 1.165) is 23.7 Å². The van der Waals surface area contributed by atoms with Crippen LogP contribution < -0.4 is 0 Å². The highest BCUT2D eigenvalue weighted by Crippen LogP contribution is 2.52. The Labute approximate surface area is 106 Å². The highest BCUT2D eigenvalue weighted by molar-refractivity contribution is 4.95. The Kier molecular flexibility index (Phi) is 3.23. The van der Waals surface area contributed by atoms with Crippen molar-refractivity contribution in [3.63, 3.8) is 0 Å². The lowest BCUT2D eigenvalue weighted by atomic mass is 9.70. The van der Waals surface area contributed by atoms with Gasteiger partial charge >= 0.3 is 0 Å². The predicted octanol–water partition coefficient (Wildman–Crippen LogP) is 3.86. The molecule has 2 bridgehead atoms. The van der Waals surface area contributed by atoms with Gasteiger partial charge in [0.25, 0.3) is 0 Å². The number of aliphatic hydroxyl groups is 1. The third-order valence-corrected chi connectivity index (χ3v) is 5.93. The van der Waals surface area contributed by atoms with Crippen LogP contribution in [0.1, 0.15) is 58.8 Å². The molecule has 1 N–H and O–H groups in total. The second-order valence-corrected chi connectivity index (χ2v) is 7.51. The van der Waals surface area contributed by atoms with Gasteiger partial charge in [-0.1, -0.05) is 20.3 Å². The average Bonchev–Trinajstić information content (AvgIpc) is 2.88. The van der Waals surface area contributed by atoms with Crippen molar-refractivity contribution in [3.8, 4) is 0 Å². The fourth-order valence-electron chi connectivity index (χ4n) is 5.35. The number of hydrogen-bond donors (Lipinski definition) is 1. The van der Waals surface area contributed by atoms with Crippen LogP contribution in [-0.2, 0) is 0 Å². The summed E-state index contributed by atoms with van der Waals surface area (Å²) in [6.45, 7) is 4.74. The summed E-state index contributed by atoms with van der Waals surface area (Å²) in [5.41, 5.74) is 0. The second-order valence-electron chi connectivity index (χ2n) is 7.51. The van der Waals surface area contributed by atoms with Crippen LogP contribution in [0.15, 0.2) is 0 Å². The Hall–Kier alpha value is -0.0400. The van der Waals surface area contributed by atoms with E-state index in [1.54, 1.807) is 0 Å². The van der Waals surface area contributed by atoms with Crippen LogP contribution in [0.2, 0.25) is 0 Å². The van der Waals surface area contributed by atoms with E-state index in [4.69, 9.17) is 0 Å². The molecule has 0 aromatic carbocycles. The first-order valence-electron chi connectivity index (χ1n) is 7.81. The Morgan fingerprint density at radius 2 is 1.59 bits per heavy atom. The third-order valence-electron chi connectivity index (χ3n) is 5.93. The van der Waals surface area contributed by atoms with Crippen LogP contribution in [0, 0.1) is 35.5 Å². The summed E-state index contributed by atoms with van der Waals surface area (Å²) in [4.78, 5) is 0. The summed E-state index contributed by atoms with van der Waals surface area (Å²) >= 11 is 0. The second kappa shape index (κ2) is 4.57. The summed E-state index contributed by atoms with van der Waals surface area (Å²) in [6, 6.07) is 0. The van der Waals surface area contributed by atoms with Crippen LogP contribution in [0.3, 0.4) is 0 Å². The molecule has 3 aliphatic rings. The summed E-state index contributed by atoms with van der Waals surface area (Å²) in [5.74, 6) is 4.78. The minimum absolute atomic E-state index is 0.0236. The first-order chi connectivity index (χ1) is 8.13. The highest BCUT2D eigenvalue weighted by atomic mass is 16.3. The lowest BCUT2D eigenvalue weighted by Crippen LogP contribution is -2.36. The molecule has 0 radical (unpaired) electrons. The van der Waals surface area contributed by atoms with Gasteiger partial charge in [0.05, 0.1) is 6.10 Å². The zero-order chi connectivity index (χ0) is 12.0. The van der Waals surface area contributed by atoms with E-state index < -0.39 is 0 Å². The van der Waals surface area contributed by atoms with Crippen molar-refractivity contribution in [1.82, 2.24) is 0 Å². The molecule has 3 rings (SSSR count). The van der Waals surface area contributed by atoms with Crippen LogP contribution in [0.4, 0.5) is 0 Å². The van der Waals surface area contributed by atoms with Crippen molar-refractivity contribution in [2.45, 2.75) is 64.9 Å². The van der Waals surface area contributed by atoms with E-state index in [1.807, 2.05) is 0 Å². The van der Waals surface area contributed by atoms with Crippen molar-refractivity contribution in [1.29, 1.82) is 0 Å². The third kappa shape index (κ3) is 2.28. The number of aliphatic hydroxyl groups excluding tert-OH is 1. The van der Waals surface area contributed by atoms with Gasteiger partial charge in [-0.3, -0.25) is 0 Å². The van der Waals surface area contributed by atoms with Crippen LogP contribution in [0.25, 0.3) is 0 Å². The molecule has 3 fully saturated rings. The molecule has 0 amide bonds. The molecule has 0 aliphatic heterocycles. The van der Waals surface area contributed by atoms with Gasteiger partial charge in [-0.15, -0.1) is 0 Å². The van der Waals surface area contributed by atoms with E-state index >= 15 is 0 Å². The molecule has 6 atom stereocenters. The van der Waals surface area contributed by atoms with E-state index in [-0.39, 0.29) is 6.10 Å². The monoisotopic (exact) mass is 236 g/mol. The first-order valence-corrected chi connectivity index (χ1v) is 7.81. The largest absolute Gasteiger partial charge is 0.393 e. The van der Waals surface area contributed by atoms with Crippen LogP contribution >= 0.6 is 0 Å². The average molecular weight is 236 g/mol. The van der Waals surface area contributed by atoms with E-state index in [1.165, 1.54) is 44.9 Å². The Morgan fingerprint density at radius 1 is 0.882 bits per heavy atom. The molecule has 0 aromatic rings. The minimum atomic E-state index is 0.0236. The lowest BCUT2D eigenvalue weighted by Gasteiger charge is -2.38. The molecular formula is C16H28O. The molecule has 3 aliphatic carbocycles. The van der Waals surface area contributed by atoms with Gasteiger partial charge in [0.2, 0.25) is 0 Å². The predicted molar refractivity (Wildman–Crippen MR) is 70.6 cm³/mol. The zero-order valence-corrected chi connectivity index (χ0v) is 11.4. The molecule has 17 heavy (non-hydrogen) atoms. The number of rotatable bonds is 2. The Balaban J connectivity index is 1.63. The summed E-state index contributed by atoms with van der Waals surface area (Å²) in [7, 11) is 0. The zero-order valence-electron chi connectivity index (χ0n) is 11.4. The SMILES string of the molecule is CC1CC(C)CC(C(O)C2CC3CCC2C3)C1. The molecule has 98 valence electrons. The Bertz CT molecular complexity index is 265. The number of fused-ring (bicyclic) bond motifs is 2. The molecular weight excluding hydrogens is 208 g/mol. The fraction of sp³-hybridized carbons (Fsp3) is 1.00. The molecule has 3 saturated carbocycles. The van der Waals surface area contributed by atoms with Gasteiger partial charge in [-0.25, -0.2) is 0 Å². The van der Waals surface area contributed by atoms with E-state index in [0.29, 0.717) is 11.8 Å². The van der Waals surface area contributed by atoms with Crippen LogP contribution in [0.5, 0.6) is 0 Å². The quantitative estimate of drug-likeness (QED) is 0.772. The van der Waals surface area contributed by atoms with Gasteiger partial charge in [0, 0.05) is 0 Å². The molecule has 1 heteroatoms. The smallest absolute Gasteiger partial charge is 0.0599 e. The fourth-order valence-corrected chi connectivity index (χ4v) is 5.35. The molecule has 1 nitrogen and oxygen atoms in total. The van der Waals surface area contributed by atoms with Crippen molar-refractivity contribution in [2.75, 3.05) is 0 Å². The Morgan fingerprint density at radius 3 is 2.12 bits per heavy atom. The van der Waals surface area contributed by atoms with E-state index in [9.17, 15) is 5.11 Å². The van der Waals surface area contributed by atoms with Crippen molar-refractivity contribution in [2.24, 2.45) is 35.5 Å². The first kappa shape index (κ1) is 12.0. The van der Waals surface area contributed by atoms with Crippen molar-refractivity contribution in [3.05, 3.63) is 0 Å². The van der Waals surface area contributed by atoms with Gasteiger partial charge in [-0.2, -0.15) is 0 Å².